The molecule has 0 fully saturated rings. The number of aliphatic hydroxyl groups is 2. The highest BCUT2D eigenvalue weighted by atomic mass is 32.2. The highest BCUT2D eigenvalue weighted by Gasteiger charge is 2.21. The van der Waals surface area contributed by atoms with Crippen LogP contribution in [0.5, 0.6) is 0 Å². The standard InChI is InChI=1S/C8H18O2S/c1-3-11-5-4-8(2,6-9)7-10/h9-10H,3-7H2,1-2H3. The van der Waals surface area contributed by atoms with Gasteiger partial charge in [-0.05, 0) is 17.9 Å². The van der Waals surface area contributed by atoms with Crippen LogP contribution in [0, 0.1) is 5.41 Å². The molecule has 0 aliphatic heterocycles. The van der Waals surface area contributed by atoms with Gasteiger partial charge in [0.15, 0.2) is 0 Å². The third-order valence-electron chi connectivity index (χ3n) is 1.82. The first-order chi connectivity index (χ1) is 5.18. The summed E-state index contributed by atoms with van der Waals surface area (Å²) in [6.45, 7) is 4.17. The van der Waals surface area contributed by atoms with E-state index in [1.807, 2.05) is 18.7 Å². The van der Waals surface area contributed by atoms with E-state index in [2.05, 4.69) is 6.92 Å². The van der Waals surface area contributed by atoms with Gasteiger partial charge in [0.05, 0.1) is 13.2 Å². The van der Waals surface area contributed by atoms with Crippen LogP contribution in [-0.4, -0.2) is 34.9 Å². The first-order valence-corrected chi connectivity index (χ1v) is 5.13. The molecule has 68 valence electrons. The average molecular weight is 178 g/mol. The fourth-order valence-electron chi connectivity index (χ4n) is 0.671. The summed E-state index contributed by atoms with van der Waals surface area (Å²) in [5, 5.41) is 17.8. The van der Waals surface area contributed by atoms with Crippen LogP contribution < -0.4 is 0 Å². The summed E-state index contributed by atoms with van der Waals surface area (Å²) >= 11 is 1.84. The maximum absolute atomic E-state index is 8.92. The fraction of sp³-hybridized carbons (Fsp3) is 1.00. The minimum absolute atomic E-state index is 0.0772. The van der Waals surface area contributed by atoms with Crippen LogP contribution in [0.1, 0.15) is 20.3 Å². The first-order valence-electron chi connectivity index (χ1n) is 3.98. The van der Waals surface area contributed by atoms with Crippen LogP contribution in [0.3, 0.4) is 0 Å². The molecule has 0 radical (unpaired) electrons. The normalized spacial score (nSPS) is 12.0. The molecule has 0 aromatic rings. The third-order valence-corrected chi connectivity index (χ3v) is 2.72. The monoisotopic (exact) mass is 178 g/mol. The highest BCUT2D eigenvalue weighted by molar-refractivity contribution is 7.99. The summed E-state index contributed by atoms with van der Waals surface area (Å²) in [5.41, 5.74) is -0.276. The summed E-state index contributed by atoms with van der Waals surface area (Å²) in [7, 11) is 0. The van der Waals surface area contributed by atoms with Crippen LogP contribution in [0.2, 0.25) is 0 Å². The van der Waals surface area contributed by atoms with E-state index in [0.717, 1.165) is 17.9 Å². The molecule has 0 heterocycles. The SMILES string of the molecule is CCSCCC(C)(CO)CO. The van der Waals surface area contributed by atoms with E-state index in [1.165, 1.54) is 0 Å². The highest BCUT2D eigenvalue weighted by Crippen LogP contribution is 2.21. The van der Waals surface area contributed by atoms with Crippen molar-refractivity contribution in [3.63, 3.8) is 0 Å². The molecule has 0 amide bonds. The van der Waals surface area contributed by atoms with Gasteiger partial charge in [-0.2, -0.15) is 11.8 Å². The van der Waals surface area contributed by atoms with Crippen molar-refractivity contribution < 1.29 is 10.2 Å². The molecule has 2 N–H and O–H groups in total. The molecule has 0 saturated carbocycles. The van der Waals surface area contributed by atoms with Crippen LogP contribution in [0.15, 0.2) is 0 Å². The summed E-state index contributed by atoms with van der Waals surface area (Å²) in [6, 6.07) is 0. The predicted octanol–water partition coefficient (Wildman–Crippen LogP) is 1.12. The number of aliphatic hydroxyl groups excluding tert-OH is 2. The Balaban J connectivity index is 3.51. The van der Waals surface area contributed by atoms with Gasteiger partial charge in [0.2, 0.25) is 0 Å². The molecule has 3 heteroatoms. The zero-order valence-electron chi connectivity index (χ0n) is 7.34. The quantitative estimate of drug-likeness (QED) is 0.599. The van der Waals surface area contributed by atoms with Crippen LogP contribution >= 0.6 is 11.8 Å². The van der Waals surface area contributed by atoms with Gasteiger partial charge in [0.25, 0.3) is 0 Å². The maximum Gasteiger partial charge on any atom is 0.0507 e. The van der Waals surface area contributed by atoms with Crippen molar-refractivity contribution >= 4 is 11.8 Å². The molecule has 0 unspecified atom stereocenters. The van der Waals surface area contributed by atoms with Crippen molar-refractivity contribution in [1.82, 2.24) is 0 Å². The van der Waals surface area contributed by atoms with Crippen LogP contribution in [-0.2, 0) is 0 Å². The van der Waals surface area contributed by atoms with Gasteiger partial charge < -0.3 is 10.2 Å². The van der Waals surface area contributed by atoms with Gasteiger partial charge in [0, 0.05) is 5.41 Å². The topological polar surface area (TPSA) is 40.5 Å². The number of hydrogen-bond acceptors (Lipinski definition) is 3. The average Bonchev–Trinajstić information content (AvgIpc) is 2.05. The molecule has 0 atom stereocenters. The summed E-state index contributed by atoms with van der Waals surface area (Å²) < 4.78 is 0. The molecule has 0 aliphatic carbocycles. The molecular formula is C8H18O2S. The lowest BCUT2D eigenvalue weighted by Gasteiger charge is -2.23. The van der Waals surface area contributed by atoms with Crippen molar-refractivity contribution in [2.24, 2.45) is 5.41 Å². The first kappa shape index (κ1) is 11.3. The number of thioether (sulfide) groups is 1. The summed E-state index contributed by atoms with van der Waals surface area (Å²) in [6.07, 6.45) is 0.887. The Morgan fingerprint density at radius 3 is 2.18 bits per heavy atom. The van der Waals surface area contributed by atoms with E-state index in [-0.39, 0.29) is 18.6 Å². The van der Waals surface area contributed by atoms with E-state index in [0.29, 0.717) is 0 Å². The zero-order chi connectivity index (χ0) is 8.74. The minimum Gasteiger partial charge on any atom is -0.396 e. The molecule has 0 bridgehead atoms. The minimum atomic E-state index is -0.276. The Hall–Kier alpha value is 0.270. The van der Waals surface area contributed by atoms with Crippen molar-refractivity contribution in [2.75, 3.05) is 24.7 Å². The largest absolute Gasteiger partial charge is 0.396 e. The zero-order valence-corrected chi connectivity index (χ0v) is 8.15. The van der Waals surface area contributed by atoms with Gasteiger partial charge in [0.1, 0.15) is 0 Å². The Labute approximate surface area is 73.0 Å². The second kappa shape index (κ2) is 5.86. The smallest absolute Gasteiger partial charge is 0.0507 e. The van der Waals surface area contributed by atoms with E-state index in [4.69, 9.17) is 10.2 Å². The summed E-state index contributed by atoms with van der Waals surface area (Å²) in [5.74, 6) is 2.13. The second-order valence-electron chi connectivity index (χ2n) is 3.07. The van der Waals surface area contributed by atoms with Crippen molar-refractivity contribution in [3.05, 3.63) is 0 Å². The number of rotatable bonds is 6. The van der Waals surface area contributed by atoms with Gasteiger partial charge in [-0.25, -0.2) is 0 Å². The van der Waals surface area contributed by atoms with E-state index in [9.17, 15) is 0 Å². The lowest BCUT2D eigenvalue weighted by molar-refractivity contribution is 0.0680. The maximum atomic E-state index is 8.92. The number of hydrogen-bond donors (Lipinski definition) is 2. The molecule has 2 nitrogen and oxygen atoms in total. The van der Waals surface area contributed by atoms with Crippen LogP contribution in [0.25, 0.3) is 0 Å². The van der Waals surface area contributed by atoms with E-state index >= 15 is 0 Å². The van der Waals surface area contributed by atoms with Gasteiger partial charge in [-0.15, -0.1) is 0 Å². The predicted molar refractivity (Wildman–Crippen MR) is 49.9 cm³/mol. The van der Waals surface area contributed by atoms with Gasteiger partial charge in [-0.3, -0.25) is 0 Å². The van der Waals surface area contributed by atoms with E-state index in [1.54, 1.807) is 0 Å². The molecule has 0 rings (SSSR count). The molecule has 0 aromatic carbocycles. The van der Waals surface area contributed by atoms with Crippen molar-refractivity contribution in [2.45, 2.75) is 20.3 Å². The van der Waals surface area contributed by atoms with Crippen molar-refractivity contribution in [3.8, 4) is 0 Å². The lowest BCUT2D eigenvalue weighted by atomic mass is 9.90. The molecular weight excluding hydrogens is 160 g/mol. The fourth-order valence-corrected chi connectivity index (χ4v) is 1.60. The molecule has 0 saturated heterocycles. The molecule has 0 aromatic heterocycles. The summed E-state index contributed by atoms with van der Waals surface area (Å²) in [4.78, 5) is 0. The lowest BCUT2D eigenvalue weighted by Crippen LogP contribution is -2.26. The second-order valence-corrected chi connectivity index (χ2v) is 4.47. The van der Waals surface area contributed by atoms with E-state index < -0.39 is 0 Å². The molecule has 0 spiro atoms. The Kier molecular flexibility index (Phi) is 6.01. The Morgan fingerprint density at radius 1 is 1.27 bits per heavy atom. The third kappa shape index (κ3) is 4.67. The van der Waals surface area contributed by atoms with Crippen LogP contribution in [0.4, 0.5) is 0 Å². The van der Waals surface area contributed by atoms with Gasteiger partial charge in [-0.1, -0.05) is 13.8 Å². The van der Waals surface area contributed by atoms with Crippen molar-refractivity contribution in [1.29, 1.82) is 0 Å². The molecule has 0 aliphatic rings. The molecule has 11 heavy (non-hydrogen) atoms. The van der Waals surface area contributed by atoms with Gasteiger partial charge >= 0.3 is 0 Å². The Morgan fingerprint density at radius 2 is 1.82 bits per heavy atom. The Bertz CT molecular complexity index is 92.1.